The number of halogens is 1. The Bertz CT molecular complexity index is 1130. The first-order valence-electron chi connectivity index (χ1n) is 9.30. The van der Waals surface area contributed by atoms with Crippen molar-refractivity contribution in [2.75, 3.05) is 14.2 Å². The summed E-state index contributed by atoms with van der Waals surface area (Å²) in [4.78, 5) is 0. The second-order valence-corrected chi connectivity index (χ2v) is 7.40. The summed E-state index contributed by atoms with van der Waals surface area (Å²) in [5.74, 6) is 2.38. The highest BCUT2D eigenvalue weighted by Crippen LogP contribution is 2.34. The van der Waals surface area contributed by atoms with Crippen LogP contribution in [0.15, 0.2) is 78.0 Å². The average molecular weight is 421 g/mol. The minimum atomic E-state index is -0.244. The van der Waals surface area contributed by atoms with Gasteiger partial charge in [-0.2, -0.15) is 0 Å². The molecule has 7 heteroatoms. The lowest BCUT2D eigenvalue weighted by Gasteiger charge is -2.12. The third-order valence-corrected chi connectivity index (χ3v) is 5.57. The number of benzene rings is 3. The number of aromatic nitrogens is 3. The predicted octanol–water partition coefficient (Wildman–Crippen LogP) is 5.38. The zero-order valence-corrected chi connectivity index (χ0v) is 17.4. The van der Waals surface area contributed by atoms with Crippen LogP contribution in [0.4, 0.5) is 4.39 Å². The summed E-state index contributed by atoms with van der Waals surface area (Å²) in [6.45, 7) is 0. The van der Waals surface area contributed by atoms with Gasteiger partial charge in [-0.05, 0) is 48.0 Å². The first kappa shape index (κ1) is 20.0. The average Bonchev–Trinajstić information content (AvgIpc) is 3.22. The van der Waals surface area contributed by atoms with E-state index in [0.717, 1.165) is 22.0 Å². The molecule has 0 saturated heterocycles. The zero-order chi connectivity index (χ0) is 20.9. The molecule has 4 rings (SSSR count). The summed E-state index contributed by atoms with van der Waals surface area (Å²) >= 11 is 1.54. The topological polar surface area (TPSA) is 49.2 Å². The largest absolute Gasteiger partial charge is 0.493 e. The fourth-order valence-corrected chi connectivity index (χ4v) is 3.97. The van der Waals surface area contributed by atoms with Gasteiger partial charge in [0.05, 0.1) is 14.2 Å². The molecule has 0 atom stereocenters. The summed E-state index contributed by atoms with van der Waals surface area (Å²) in [6, 6.07) is 22.1. The lowest BCUT2D eigenvalue weighted by atomic mass is 10.2. The van der Waals surface area contributed by atoms with Crippen molar-refractivity contribution in [3.05, 3.63) is 84.2 Å². The smallest absolute Gasteiger partial charge is 0.196 e. The normalized spacial score (nSPS) is 10.8. The number of thioether (sulfide) groups is 1. The molecule has 0 radical (unpaired) electrons. The third kappa shape index (κ3) is 4.16. The fraction of sp³-hybridized carbons (Fsp3) is 0.130. The first-order chi connectivity index (χ1) is 14.7. The quantitative estimate of drug-likeness (QED) is 0.375. The number of para-hydroxylation sites is 1. The predicted molar refractivity (Wildman–Crippen MR) is 116 cm³/mol. The molecule has 0 bridgehead atoms. The highest BCUT2D eigenvalue weighted by molar-refractivity contribution is 7.98. The van der Waals surface area contributed by atoms with Gasteiger partial charge in [-0.25, -0.2) is 4.39 Å². The number of ether oxygens (including phenoxy) is 2. The first-order valence-corrected chi connectivity index (χ1v) is 10.3. The van der Waals surface area contributed by atoms with Crippen LogP contribution in [-0.4, -0.2) is 29.0 Å². The number of nitrogens with zero attached hydrogens (tertiary/aromatic N) is 3. The molecule has 0 spiro atoms. The van der Waals surface area contributed by atoms with Crippen LogP contribution in [0.2, 0.25) is 0 Å². The molecule has 5 nitrogen and oxygen atoms in total. The standard InChI is InChI=1S/C23H20FN3O2S/c1-28-20-13-10-17(14-21(20)29-2)22-25-26-23(27(22)19-6-4-3-5-7-19)30-15-16-8-11-18(24)12-9-16/h3-14H,15H2,1-2H3. The van der Waals surface area contributed by atoms with E-state index in [1.165, 1.54) is 12.1 Å². The Morgan fingerprint density at radius 2 is 1.60 bits per heavy atom. The van der Waals surface area contributed by atoms with Gasteiger partial charge in [-0.3, -0.25) is 4.57 Å². The minimum absolute atomic E-state index is 0.244. The summed E-state index contributed by atoms with van der Waals surface area (Å²) in [5, 5.41) is 9.63. The van der Waals surface area contributed by atoms with Gasteiger partial charge in [0.1, 0.15) is 5.82 Å². The van der Waals surface area contributed by atoms with Crippen molar-refractivity contribution in [3.63, 3.8) is 0 Å². The van der Waals surface area contributed by atoms with Crippen LogP contribution in [0.3, 0.4) is 0 Å². The SMILES string of the molecule is COc1ccc(-c2nnc(SCc3ccc(F)cc3)n2-c2ccccc2)cc1OC. The Hall–Kier alpha value is -3.32. The van der Waals surface area contributed by atoms with Gasteiger partial charge in [0.15, 0.2) is 22.5 Å². The van der Waals surface area contributed by atoms with Gasteiger partial charge in [0.2, 0.25) is 0 Å². The Morgan fingerprint density at radius 1 is 0.867 bits per heavy atom. The molecule has 3 aromatic carbocycles. The van der Waals surface area contributed by atoms with E-state index in [1.807, 2.05) is 53.1 Å². The van der Waals surface area contributed by atoms with Crippen molar-refractivity contribution in [1.82, 2.24) is 14.8 Å². The molecule has 1 heterocycles. The van der Waals surface area contributed by atoms with Gasteiger partial charge < -0.3 is 9.47 Å². The van der Waals surface area contributed by atoms with E-state index in [-0.39, 0.29) is 5.82 Å². The number of methoxy groups -OCH3 is 2. The molecule has 0 aliphatic rings. The van der Waals surface area contributed by atoms with Crippen molar-refractivity contribution in [2.45, 2.75) is 10.9 Å². The van der Waals surface area contributed by atoms with E-state index >= 15 is 0 Å². The maximum absolute atomic E-state index is 13.2. The lowest BCUT2D eigenvalue weighted by molar-refractivity contribution is 0.355. The molecule has 4 aromatic rings. The molecule has 0 aliphatic carbocycles. The monoisotopic (exact) mass is 421 g/mol. The molecular formula is C23H20FN3O2S. The van der Waals surface area contributed by atoms with Gasteiger partial charge in [-0.1, -0.05) is 42.1 Å². The van der Waals surface area contributed by atoms with E-state index in [2.05, 4.69) is 10.2 Å². The van der Waals surface area contributed by atoms with E-state index < -0.39 is 0 Å². The molecule has 30 heavy (non-hydrogen) atoms. The Kier molecular flexibility index (Phi) is 5.99. The number of hydrogen-bond acceptors (Lipinski definition) is 5. The molecular weight excluding hydrogens is 401 g/mol. The van der Waals surface area contributed by atoms with Gasteiger partial charge in [0, 0.05) is 17.0 Å². The maximum atomic E-state index is 13.2. The number of hydrogen-bond donors (Lipinski definition) is 0. The fourth-order valence-electron chi connectivity index (χ4n) is 3.06. The van der Waals surface area contributed by atoms with Crippen molar-refractivity contribution >= 4 is 11.8 Å². The zero-order valence-electron chi connectivity index (χ0n) is 16.6. The van der Waals surface area contributed by atoms with E-state index in [0.29, 0.717) is 23.1 Å². The van der Waals surface area contributed by atoms with E-state index in [9.17, 15) is 4.39 Å². The second kappa shape index (κ2) is 9.00. The Morgan fingerprint density at radius 3 is 2.30 bits per heavy atom. The maximum Gasteiger partial charge on any atom is 0.196 e. The van der Waals surface area contributed by atoms with Crippen molar-refractivity contribution in [1.29, 1.82) is 0 Å². The van der Waals surface area contributed by atoms with Crippen LogP contribution >= 0.6 is 11.8 Å². The Labute approximate surface area is 178 Å². The molecule has 0 unspecified atom stereocenters. The van der Waals surface area contributed by atoms with Crippen LogP contribution in [-0.2, 0) is 5.75 Å². The molecule has 0 aliphatic heterocycles. The third-order valence-electron chi connectivity index (χ3n) is 4.57. The van der Waals surface area contributed by atoms with E-state index in [4.69, 9.17) is 9.47 Å². The summed E-state index contributed by atoms with van der Waals surface area (Å²) in [7, 11) is 3.21. The summed E-state index contributed by atoms with van der Waals surface area (Å²) in [6.07, 6.45) is 0. The molecule has 0 amide bonds. The van der Waals surface area contributed by atoms with Crippen LogP contribution in [0, 0.1) is 5.82 Å². The second-order valence-electron chi connectivity index (χ2n) is 6.46. The van der Waals surface area contributed by atoms with Crippen LogP contribution in [0.1, 0.15) is 5.56 Å². The van der Waals surface area contributed by atoms with Gasteiger partial charge in [0.25, 0.3) is 0 Å². The molecule has 0 fully saturated rings. The van der Waals surface area contributed by atoms with Crippen LogP contribution in [0.25, 0.3) is 17.1 Å². The van der Waals surface area contributed by atoms with Crippen molar-refractivity contribution in [3.8, 4) is 28.6 Å². The molecule has 0 saturated carbocycles. The number of rotatable bonds is 7. The Balaban J connectivity index is 1.73. The van der Waals surface area contributed by atoms with Crippen LogP contribution in [0.5, 0.6) is 11.5 Å². The molecule has 1 aromatic heterocycles. The minimum Gasteiger partial charge on any atom is -0.493 e. The molecule has 152 valence electrons. The highest BCUT2D eigenvalue weighted by atomic mass is 32.2. The van der Waals surface area contributed by atoms with Crippen molar-refractivity contribution < 1.29 is 13.9 Å². The molecule has 0 N–H and O–H groups in total. The summed E-state index contributed by atoms with van der Waals surface area (Å²) < 4.78 is 26.0. The van der Waals surface area contributed by atoms with Gasteiger partial charge in [-0.15, -0.1) is 10.2 Å². The highest BCUT2D eigenvalue weighted by Gasteiger charge is 2.18. The van der Waals surface area contributed by atoms with Crippen molar-refractivity contribution in [2.24, 2.45) is 0 Å². The van der Waals surface area contributed by atoms with Gasteiger partial charge >= 0.3 is 0 Å². The van der Waals surface area contributed by atoms with Crippen LogP contribution < -0.4 is 9.47 Å². The van der Waals surface area contributed by atoms with E-state index in [1.54, 1.807) is 38.1 Å². The lowest BCUT2D eigenvalue weighted by Crippen LogP contribution is -2.00. The summed E-state index contributed by atoms with van der Waals surface area (Å²) in [5.41, 5.74) is 2.82.